The van der Waals surface area contributed by atoms with Gasteiger partial charge >= 0.3 is 5.97 Å². The Balaban J connectivity index is 2.34. The third-order valence-electron chi connectivity index (χ3n) is 3.69. The summed E-state index contributed by atoms with van der Waals surface area (Å²) in [5, 5.41) is 0. The second-order valence-electron chi connectivity index (χ2n) is 5.56. The average molecular weight is 263 g/mol. The summed E-state index contributed by atoms with van der Waals surface area (Å²) in [6.07, 6.45) is 4.46. The van der Waals surface area contributed by atoms with Crippen molar-refractivity contribution in [2.45, 2.75) is 52.1 Å². The first-order valence-corrected chi connectivity index (χ1v) is 6.67. The molecule has 19 heavy (non-hydrogen) atoms. The van der Waals surface area contributed by atoms with Crippen LogP contribution < -0.4 is 10.6 Å². The molecule has 0 spiro atoms. The van der Waals surface area contributed by atoms with Gasteiger partial charge in [0.05, 0.1) is 0 Å². The average Bonchev–Trinajstić information content (AvgIpc) is 2.41. The summed E-state index contributed by atoms with van der Waals surface area (Å²) in [6.45, 7) is 5.45. The molecular formula is C15H21NO3. The van der Waals surface area contributed by atoms with Crippen molar-refractivity contribution in [3.8, 4) is 5.75 Å². The van der Waals surface area contributed by atoms with E-state index in [1.165, 1.54) is 23.1 Å². The molecule has 0 atom stereocenters. The number of rotatable bonds is 3. The second kappa shape index (κ2) is 5.21. The fraction of sp³-hybridized carbons (Fsp3) is 0.533. The third kappa shape index (κ3) is 2.73. The molecule has 0 unspecified atom stereocenters. The molecule has 1 aromatic carbocycles. The first-order valence-electron chi connectivity index (χ1n) is 6.67. The van der Waals surface area contributed by atoms with Gasteiger partial charge in [0.1, 0.15) is 5.75 Å². The molecule has 1 aromatic rings. The van der Waals surface area contributed by atoms with Crippen LogP contribution in [-0.4, -0.2) is 11.6 Å². The van der Waals surface area contributed by atoms with Gasteiger partial charge in [0.25, 0.3) is 0 Å². The largest absolute Gasteiger partial charge is 0.476 e. The Labute approximate surface area is 113 Å². The lowest BCUT2D eigenvalue weighted by Crippen LogP contribution is -2.41. The van der Waals surface area contributed by atoms with Crippen LogP contribution in [0.25, 0.3) is 0 Å². The van der Waals surface area contributed by atoms with E-state index in [1.807, 2.05) is 12.1 Å². The molecule has 0 aliphatic heterocycles. The Morgan fingerprint density at radius 1 is 1.21 bits per heavy atom. The number of carbonyl (C=O) groups excluding carboxylic acids is 1. The van der Waals surface area contributed by atoms with E-state index in [9.17, 15) is 4.79 Å². The normalized spacial score (nSPS) is 14.7. The minimum atomic E-state index is -1.07. The number of nitrogens with two attached hydrogens (primary N) is 1. The van der Waals surface area contributed by atoms with Crippen LogP contribution in [0.3, 0.4) is 0 Å². The van der Waals surface area contributed by atoms with Crippen molar-refractivity contribution in [2.75, 3.05) is 0 Å². The molecule has 1 aliphatic rings. The van der Waals surface area contributed by atoms with Gasteiger partial charge in [-0.1, -0.05) is 6.07 Å². The minimum Gasteiger partial charge on any atom is -0.476 e. The predicted molar refractivity (Wildman–Crippen MR) is 72.8 cm³/mol. The summed E-state index contributed by atoms with van der Waals surface area (Å²) in [6, 6.07) is 3.98. The topological polar surface area (TPSA) is 61.5 Å². The zero-order chi connectivity index (χ0) is 14.0. The van der Waals surface area contributed by atoms with Crippen molar-refractivity contribution < 1.29 is 14.4 Å². The van der Waals surface area contributed by atoms with Crippen molar-refractivity contribution in [3.63, 3.8) is 0 Å². The van der Waals surface area contributed by atoms with Gasteiger partial charge < -0.3 is 9.57 Å². The molecule has 2 rings (SSSR count). The van der Waals surface area contributed by atoms with Crippen LogP contribution >= 0.6 is 0 Å². The van der Waals surface area contributed by atoms with Crippen LogP contribution in [0.1, 0.15) is 43.4 Å². The van der Waals surface area contributed by atoms with Gasteiger partial charge in [-0.05, 0) is 69.2 Å². The molecule has 4 heteroatoms. The van der Waals surface area contributed by atoms with Gasteiger partial charge in [-0.15, -0.1) is 0 Å². The summed E-state index contributed by atoms with van der Waals surface area (Å²) >= 11 is 0. The van der Waals surface area contributed by atoms with Crippen LogP contribution in [0, 0.1) is 6.92 Å². The van der Waals surface area contributed by atoms with E-state index in [0.717, 1.165) is 25.0 Å². The lowest BCUT2D eigenvalue weighted by atomic mass is 9.88. The molecule has 0 aromatic heterocycles. The highest BCUT2D eigenvalue weighted by molar-refractivity contribution is 5.78. The van der Waals surface area contributed by atoms with Crippen LogP contribution in [0.2, 0.25) is 0 Å². The lowest BCUT2D eigenvalue weighted by Gasteiger charge is -2.27. The second-order valence-corrected chi connectivity index (χ2v) is 5.56. The summed E-state index contributed by atoms with van der Waals surface area (Å²) in [7, 11) is 0. The highest BCUT2D eigenvalue weighted by Gasteiger charge is 2.33. The molecule has 0 heterocycles. The number of fused-ring (bicyclic) bond motifs is 1. The number of ether oxygens (including phenoxy) is 1. The van der Waals surface area contributed by atoms with Crippen molar-refractivity contribution >= 4 is 5.97 Å². The van der Waals surface area contributed by atoms with Crippen molar-refractivity contribution in [1.82, 2.24) is 0 Å². The highest BCUT2D eigenvalue weighted by Crippen LogP contribution is 2.34. The molecule has 0 bridgehead atoms. The molecule has 0 saturated heterocycles. The van der Waals surface area contributed by atoms with E-state index in [1.54, 1.807) is 13.8 Å². The first kappa shape index (κ1) is 13.9. The number of hydrogen-bond donors (Lipinski definition) is 1. The zero-order valence-corrected chi connectivity index (χ0v) is 11.8. The first-order chi connectivity index (χ1) is 8.95. The quantitative estimate of drug-likeness (QED) is 0.851. The van der Waals surface area contributed by atoms with E-state index in [0.29, 0.717) is 0 Å². The van der Waals surface area contributed by atoms with Gasteiger partial charge in [0, 0.05) is 0 Å². The third-order valence-corrected chi connectivity index (χ3v) is 3.69. The molecule has 0 fully saturated rings. The van der Waals surface area contributed by atoms with Gasteiger partial charge in [-0.2, -0.15) is 5.90 Å². The molecule has 4 nitrogen and oxygen atoms in total. The number of carbonyl (C=O) groups is 1. The highest BCUT2D eigenvalue weighted by atomic mass is 16.7. The smallest absolute Gasteiger partial charge is 0.368 e. The van der Waals surface area contributed by atoms with Crippen LogP contribution in [0.5, 0.6) is 5.75 Å². The molecule has 0 saturated carbocycles. The Morgan fingerprint density at radius 2 is 1.84 bits per heavy atom. The van der Waals surface area contributed by atoms with Gasteiger partial charge in [0.2, 0.25) is 5.60 Å². The van der Waals surface area contributed by atoms with E-state index >= 15 is 0 Å². The van der Waals surface area contributed by atoms with E-state index < -0.39 is 11.6 Å². The van der Waals surface area contributed by atoms with Crippen LogP contribution in [0.4, 0.5) is 0 Å². The van der Waals surface area contributed by atoms with Crippen LogP contribution in [-0.2, 0) is 22.5 Å². The fourth-order valence-electron chi connectivity index (χ4n) is 2.57. The number of benzene rings is 1. The Morgan fingerprint density at radius 3 is 2.47 bits per heavy atom. The molecule has 1 aliphatic carbocycles. The van der Waals surface area contributed by atoms with Crippen LogP contribution in [0.15, 0.2) is 12.1 Å². The zero-order valence-electron chi connectivity index (χ0n) is 11.8. The molecule has 0 amide bonds. The molecule has 104 valence electrons. The Kier molecular flexibility index (Phi) is 3.80. The number of hydrogen-bond acceptors (Lipinski definition) is 4. The predicted octanol–water partition coefficient (Wildman–Crippen LogP) is 2.45. The fourth-order valence-corrected chi connectivity index (χ4v) is 2.57. The summed E-state index contributed by atoms with van der Waals surface area (Å²) in [5.41, 5.74) is 2.81. The summed E-state index contributed by atoms with van der Waals surface area (Å²) in [5.74, 6) is 5.15. The van der Waals surface area contributed by atoms with Crippen molar-refractivity contribution in [1.29, 1.82) is 0 Å². The van der Waals surface area contributed by atoms with Gasteiger partial charge in [0.15, 0.2) is 0 Å². The standard InChI is InChI=1S/C15H21NO3/c1-10-8-9-13(12-7-5-4-6-11(10)12)18-15(2,3)14(17)19-16/h8-9H,4-7,16H2,1-3H3. The Hall–Kier alpha value is -1.55. The van der Waals surface area contributed by atoms with Gasteiger partial charge in [-0.3, -0.25) is 0 Å². The lowest BCUT2D eigenvalue weighted by molar-refractivity contribution is -0.159. The van der Waals surface area contributed by atoms with Gasteiger partial charge in [-0.25, -0.2) is 4.79 Å². The van der Waals surface area contributed by atoms with E-state index in [-0.39, 0.29) is 0 Å². The van der Waals surface area contributed by atoms with E-state index in [4.69, 9.17) is 10.6 Å². The van der Waals surface area contributed by atoms with E-state index in [2.05, 4.69) is 11.8 Å². The maximum atomic E-state index is 11.6. The summed E-state index contributed by atoms with van der Waals surface area (Å²) < 4.78 is 5.85. The molecule has 0 radical (unpaired) electrons. The maximum Gasteiger partial charge on any atom is 0.368 e. The Bertz CT molecular complexity index is 494. The van der Waals surface area contributed by atoms with Crippen molar-refractivity contribution in [2.24, 2.45) is 5.90 Å². The maximum absolute atomic E-state index is 11.6. The minimum absolute atomic E-state index is 0.572. The SMILES string of the molecule is Cc1ccc(OC(C)(C)C(=O)ON)c2c1CCCC2. The summed E-state index contributed by atoms with van der Waals surface area (Å²) in [4.78, 5) is 15.9. The van der Waals surface area contributed by atoms with Crippen molar-refractivity contribution in [3.05, 3.63) is 28.8 Å². The number of aryl methyl sites for hydroxylation is 1. The molecule has 2 N–H and O–H groups in total. The molecular weight excluding hydrogens is 242 g/mol. The monoisotopic (exact) mass is 263 g/mol.